The minimum Gasteiger partial charge on any atom is -0.326 e. The largest absolute Gasteiger partial charge is 0.326 e. The first-order chi connectivity index (χ1) is 14.6. The highest BCUT2D eigenvalue weighted by Crippen LogP contribution is 2.32. The average Bonchev–Trinajstić information content (AvgIpc) is 3.60. The molecule has 0 unspecified atom stereocenters. The van der Waals surface area contributed by atoms with Crippen LogP contribution < -0.4 is 5.32 Å². The predicted molar refractivity (Wildman–Crippen MR) is 124 cm³/mol. The van der Waals surface area contributed by atoms with Crippen molar-refractivity contribution in [2.24, 2.45) is 5.92 Å². The molecule has 1 heterocycles. The zero-order valence-electron chi connectivity index (χ0n) is 17.3. The summed E-state index contributed by atoms with van der Waals surface area (Å²) in [6.45, 7) is 3.11. The van der Waals surface area contributed by atoms with Crippen LogP contribution in [0.4, 0.5) is 5.69 Å². The van der Waals surface area contributed by atoms with Crippen LogP contribution in [0.2, 0.25) is 0 Å². The Hall–Kier alpha value is -1.98. The molecule has 5 heteroatoms. The minimum atomic E-state index is 0.166. The van der Waals surface area contributed by atoms with Crippen molar-refractivity contribution in [3.8, 4) is 0 Å². The van der Waals surface area contributed by atoms with Crippen LogP contribution in [0.15, 0.2) is 53.0 Å². The van der Waals surface area contributed by atoms with Crippen LogP contribution in [-0.2, 0) is 4.79 Å². The van der Waals surface area contributed by atoms with Gasteiger partial charge in [-0.15, -0.1) is 0 Å². The third kappa shape index (κ3) is 5.79. The van der Waals surface area contributed by atoms with E-state index in [0.29, 0.717) is 12.3 Å². The molecule has 2 aromatic carbocycles. The van der Waals surface area contributed by atoms with E-state index >= 15 is 0 Å². The normalized spacial score (nSPS) is 17.6. The summed E-state index contributed by atoms with van der Waals surface area (Å²) in [6.07, 6.45) is 5.81. The Morgan fingerprint density at radius 2 is 1.73 bits per heavy atom. The third-order valence-corrected chi connectivity index (χ3v) is 6.73. The van der Waals surface area contributed by atoms with Gasteiger partial charge >= 0.3 is 0 Å². The van der Waals surface area contributed by atoms with E-state index in [1.807, 2.05) is 30.3 Å². The number of hydrogen-bond acceptors (Lipinski definition) is 3. The summed E-state index contributed by atoms with van der Waals surface area (Å²) in [5.74, 6) is 1.16. The van der Waals surface area contributed by atoms with E-state index in [1.165, 1.54) is 5.56 Å². The zero-order chi connectivity index (χ0) is 20.9. The molecule has 1 aliphatic carbocycles. The Labute approximate surface area is 187 Å². The molecule has 1 saturated carbocycles. The maximum atomic E-state index is 12.3. The summed E-state index contributed by atoms with van der Waals surface area (Å²) in [5, 5.41) is 3.06. The molecule has 0 spiro atoms. The maximum Gasteiger partial charge on any atom is 0.227 e. The number of ketones is 1. The van der Waals surface area contributed by atoms with Gasteiger partial charge in [0.25, 0.3) is 0 Å². The fraction of sp³-hybridized carbons (Fsp3) is 0.440. The number of hydrogen-bond donors (Lipinski definition) is 1. The van der Waals surface area contributed by atoms with Crippen molar-refractivity contribution >= 4 is 33.3 Å². The summed E-state index contributed by atoms with van der Waals surface area (Å²) < 4.78 is 0.998. The molecule has 4 nitrogen and oxygen atoms in total. The van der Waals surface area contributed by atoms with Crippen LogP contribution in [0, 0.1) is 5.92 Å². The van der Waals surface area contributed by atoms with Gasteiger partial charge in [0, 0.05) is 28.1 Å². The van der Waals surface area contributed by atoms with Crippen molar-refractivity contribution in [2.45, 2.75) is 44.4 Å². The number of nitrogens with zero attached hydrogens (tertiary/aromatic N) is 1. The van der Waals surface area contributed by atoms with Crippen LogP contribution in [-0.4, -0.2) is 36.2 Å². The number of carbonyl (C=O) groups excluding carboxylic acids is 2. The van der Waals surface area contributed by atoms with Crippen molar-refractivity contribution in [2.75, 3.05) is 25.0 Å². The summed E-state index contributed by atoms with van der Waals surface area (Å²) >= 11 is 3.41. The van der Waals surface area contributed by atoms with E-state index < -0.39 is 0 Å². The lowest BCUT2D eigenvalue weighted by Gasteiger charge is -2.32. The first-order valence-corrected chi connectivity index (χ1v) is 11.8. The Morgan fingerprint density at radius 3 is 2.43 bits per heavy atom. The molecule has 0 radical (unpaired) electrons. The number of nitrogens with one attached hydrogen (secondary N) is 1. The zero-order valence-corrected chi connectivity index (χ0v) is 18.9. The minimum absolute atomic E-state index is 0.166. The van der Waals surface area contributed by atoms with E-state index in [-0.39, 0.29) is 17.6 Å². The second-order valence-electron chi connectivity index (χ2n) is 8.54. The van der Waals surface area contributed by atoms with E-state index in [9.17, 15) is 9.59 Å². The third-order valence-electron chi connectivity index (χ3n) is 6.21. The lowest BCUT2D eigenvalue weighted by Crippen LogP contribution is -2.33. The lowest BCUT2D eigenvalue weighted by atomic mass is 9.89. The van der Waals surface area contributed by atoms with Gasteiger partial charge in [0.2, 0.25) is 5.91 Å². The van der Waals surface area contributed by atoms with E-state index in [1.54, 1.807) is 0 Å². The molecule has 0 atom stereocenters. The van der Waals surface area contributed by atoms with Gasteiger partial charge in [-0.25, -0.2) is 0 Å². The number of amides is 1. The second kappa shape index (κ2) is 9.88. The van der Waals surface area contributed by atoms with Crippen molar-refractivity contribution < 1.29 is 9.59 Å². The van der Waals surface area contributed by atoms with Crippen LogP contribution in [0.3, 0.4) is 0 Å². The Morgan fingerprint density at radius 1 is 1.00 bits per heavy atom. The van der Waals surface area contributed by atoms with Gasteiger partial charge in [-0.2, -0.15) is 0 Å². The lowest BCUT2D eigenvalue weighted by molar-refractivity contribution is -0.117. The van der Waals surface area contributed by atoms with Gasteiger partial charge in [0.05, 0.1) is 0 Å². The first kappa shape index (κ1) is 21.3. The molecule has 1 saturated heterocycles. The molecule has 30 heavy (non-hydrogen) atoms. The van der Waals surface area contributed by atoms with E-state index in [2.05, 4.69) is 44.3 Å². The molecule has 0 bridgehead atoms. The molecule has 4 rings (SSSR count). The van der Waals surface area contributed by atoms with Crippen LogP contribution >= 0.6 is 15.9 Å². The monoisotopic (exact) mass is 468 g/mol. The van der Waals surface area contributed by atoms with Gasteiger partial charge in [-0.1, -0.05) is 40.2 Å². The van der Waals surface area contributed by atoms with Crippen LogP contribution in [0.25, 0.3) is 0 Å². The molecular weight excluding hydrogens is 440 g/mol. The standard InChI is InChI=1S/C25H29BrN2O2/c26-22-10-8-19(9-11-22)24(29)5-2-14-28-15-12-18(13-16-28)21-3-1-4-23(17-21)27-25(30)20-6-7-20/h1,3-4,8-11,17-18,20H,2,5-7,12-16H2,(H,27,30). The van der Waals surface area contributed by atoms with Crippen LogP contribution in [0.5, 0.6) is 0 Å². The van der Waals surface area contributed by atoms with Gasteiger partial charge < -0.3 is 10.2 Å². The Kier molecular flexibility index (Phi) is 7.00. The number of anilines is 1. The quantitative estimate of drug-likeness (QED) is 0.509. The molecule has 2 aliphatic rings. The number of piperidine rings is 1. The summed E-state index contributed by atoms with van der Waals surface area (Å²) in [4.78, 5) is 26.8. The highest BCUT2D eigenvalue weighted by atomic mass is 79.9. The van der Waals surface area contributed by atoms with Gasteiger partial charge in [-0.05, 0) is 87.5 Å². The number of likely N-dealkylation sites (tertiary alicyclic amines) is 1. The van der Waals surface area contributed by atoms with Crippen molar-refractivity contribution in [3.05, 3.63) is 64.1 Å². The van der Waals surface area contributed by atoms with Crippen molar-refractivity contribution in [3.63, 3.8) is 0 Å². The molecule has 2 fully saturated rings. The number of halogens is 1. The fourth-order valence-electron chi connectivity index (χ4n) is 4.19. The van der Waals surface area contributed by atoms with Crippen LogP contribution in [0.1, 0.15) is 60.4 Å². The van der Waals surface area contributed by atoms with Gasteiger partial charge in [-0.3, -0.25) is 9.59 Å². The molecule has 2 aromatic rings. The topological polar surface area (TPSA) is 49.4 Å². The average molecular weight is 469 g/mol. The van der Waals surface area contributed by atoms with Gasteiger partial charge in [0.1, 0.15) is 0 Å². The number of rotatable bonds is 8. The smallest absolute Gasteiger partial charge is 0.227 e. The predicted octanol–water partition coefficient (Wildman–Crippen LogP) is 5.64. The Bertz CT molecular complexity index is 884. The Balaban J connectivity index is 1.20. The molecule has 1 N–H and O–H groups in total. The molecule has 0 aromatic heterocycles. The first-order valence-electron chi connectivity index (χ1n) is 11.0. The number of benzene rings is 2. The highest BCUT2D eigenvalue weighted by molar-refractivity contribution is 9.10. The molecular formula is C25H29BrN2O2. The van der Waals surface area contributed by atoms with Crippen molar-refractivity contribution in [1.29, 1.82) is 0 Å². The SMILES string of the molecule is O=C(CCCN1CCC(c2cccc(NC(=O)C3CC3)c2)CC1)c1ccc(Br)cc1. The second-order valence-corrected chi connectivity index (χ2v) is 9.45. The number of carbonyl (C=O) groups is 2. The molecule has 1 amide bonds. The highest BCUT2D eigenvalue weighted by Gasteiger charge is 2.29. The summed E-state index contributed by atoms with van der Waals surface area (Å²) in [6, 6.07) is 16.0. The van der Waals surface area contributed by atoms with Gasteiger partial charge in [0.15, 0.2) is 5.78 Å². The van der Waals surface area contributed by atoms with Crippen molar-refractivity contribution in [1.82, 2.24) is 4.90 Å². The maximum absolute atomic E-state index is 12.3. The summed E-state index contributed by atoms with van der Waals surface area (Å²) in [5.41, 5.74) is 3.05. The molecule has 158 valence electrons. The van der Waals surface area contributed by atoms with E-state index in [4.69, 9.17) is 0 Å². The molecule has 1 aliphatic heterocycles. The van der Waals surface area contributed by atoms with E-state index in [0.717, 1.165) is 67.5 Å². The fourth-order valence-corrected chi connectivity index (χ4v) is 4.46. The number of Topliss-reactive ketones (excluding diaryl/α,β-unsaturated/α-hetero) is 1. The summed E-state index contributed by atoms with van der Waals surface area (Å²) in [7, 11) is 0.